The van der Waals surface area contributed by atoms with Gasteiger partial charge in [0.25, 0.3) is 0 Å². The van der Waals surface area contributed by atoms with Crippen molar-refractivity contribution in [3.05, 3.63) is 58.7 Å². The van der Waals surface area contributed by atoms with Crippen LogP contribution in [-0.2, 0) is 0 Å². The fourth-order valence-corrected chi connectivity index (χ4v) is 2.68. The normalized spacial score (nSPS) is 10.8. The molecule has 1 aromatic heterocycles. The van der Waals surface area contributed by atoms with Gasteiger partial charge in [0, 0.05) is 38.3 Å². The first-order valence-corrected chi connectivity index (χ1v) is 6.50. The van der Waals surface area contributed by atoms with Crippen molar-refractivity contribution in [3.63, 3.8) is 0 Å². The maximum atomic E-state index is 6.05. The van der Waals surface area contributed by atoms with Gasteiger partial charge in [-0.05, 0) is 30.3 Å². The Balaban J connectivity index is 2.33. The van der Waals surface area contributed by atoms with Gasteiger partial charge < -0.3 is 5.73 Å². The van der Waals surface area contributed by atoms with Gasteiger partial charge in [-0.15, -0.1) is 0 Å². The molecule has 0 unspecified atom stereocenters. The lowest BCUT2D eigenvalue weighted by Gasteiger charge is -2.08. The van der Waals surface area contributed by atoms with Gasteiger partial charge in [-0.3, -0.25) is 4.98 Å². The number of hydrogen-bond donors (Lipinski definition) is 1. The average Bonchev–Trinajstić information content (AvgIpc) is 2.37. The maximum absolute atomic E-state index is 6.05. The molecule has 2 N–H and O–H groups in total. The molecule has 4 heteroatoms. The van der Waals surface area contributed by atoms with Crippen LogP contribution in [0.4, 0.5) is 5.69 Å². The van der Waals surface area contributed by atoms with E-state index in [0.717, 1.165) is 27.7 Å². The molecular weight excluding hydrogens is 279 g/mol. The van der Waals surface area contributed by atoms with Crippen molar-refractivity contribution in [2.24, 2.45) is 0 Å². The van der Waals surface area contributed by atoms with Crippen LogP contribution in [0.15, 0.2) is 48.7 Å². The van der Waals surface area contributed by atoms with Gasteiger partial charge in [0.2, 0.25) is 0 Å². The number of rotatable bonds is 1. The molecular formula is C15H10Cl2N2. The molecule has 0 bridgehead atoms. The second-order valence-electron chi connectivity index (χ2n) is 4.26. The molecule has 0 amide bonds. The summed E-state index contributed by atoms with van der Waals surface area (Å²) in [6, 6.07) is 13.1. The van der Waals surface area contributed by atoms with Crippen LogP contribution in [0.1, 0.15) is 0 Å². The minimum Gasteiger partial charge on any atom is -0.398 e. The molecule has 0 aliphatic heterocycles. The molecule has 0 radical (unpaired) electrons. The number of anilines is 1. The summed E-state index contributed by atoms with van der Waals surface area (Å²) in [5.41, 5.74) is 8.42. The summed E-state index contributed by atoms with van der Waals surface area (Å²) in [4.78, 5) is 4.43. The topological polar surface area (TPSA) is 38.9 Å². The lowest BCUT2D eigenvalue weighted by Crippen LogP contribution is -1.90. The Labute approximate surface area is 120 Å². The van der Waals surface area contributed by atoms with Gasteiger partial charge in [0.1, 0.15) is 0 Å². The summed E-state index contributed by atoms with van der Waals surface area (Å²) in [6.07, 6.45) is 1.74. The van der Waals surface area contributed by atoms with E-state index in [1.165, 1.54) is 0 Å². The molecule has 2 nitrogen and oxygen atoms in total. The third kappa shape index (κ3) is 2.25. The number of nitrogen functional groups attached to an aromatic ring is 1. The molecule has 0 fully saturated rings. The van der Waals surface area contributed by atoms with E-state index in [4.69, 9.17) is 28.9 Å². The smallest absolute Gasteiger partial charge is 0.0782 e. The molecule has 2 aromatic carbocycles. The standard InChI is InChI=1S/C15H10Cl2N2/c16-10-6-9(7-11(17)8-10)15-13-2-1-3-14(18)12(13)4-5-19-15/h1-8H,18H2. The monoisotopic (exact) mass is 288 g/mol. The number of benzene rings is 2. The van der Waals surface area contributed by atoms with Crippen molar-refractivity contribution in [2.45, 2.75) is 0 Å². The minimum absolute atomic E-state index is 0.588. The van der Waals surface area contributed by atoms with Crippen LogP contribution >= 0.6 is 23.2 Å². The fourth-order valence-electron chi connectivity index (χ4n) is 2.15. The van der Waals surface area contributed by atoms with Crippen LogP contribution in [0.5, 0.6) is 0 Å². The second-order valence-corrected chi connectivity index (χ2v) is 5.13. The highest BCUT2D eigenvalue weighted by atomic mass is 35.5. The highest BCUT2D eigenvalue weighted by molar-refractivity contribution is 6.35. The first-order chi connectivity index (χ1) is 9.15. The number of nitrogens with two attached hydrogens (primary N) is 1. The third-order valence-corrected chi connectivity index (χ3v) is 3.41. The molecule has 19 heavy (non-hydrogen) atoms. The number of hydrogen-bond acceptors (Lipinski definition) is 2. The summed E-state index contributed by atoms with van der Waals surface area (Å²) in [5, 5.41) is 3.14. The lowest BCUT2D eigenvalue weighted by molar-refractivity contribution is 1.36. The predicted octanol–water partition coefficient (Wildman–Crippen LogP) is 4.79. The predicted molar refractivity (Wildman–Crippen MR) is 81.6 cm³/mol. The van der Waals surface area contributed by atoms with Crippen LogP contribution in [0.3, 0.4) is 0 Å². The Bertz CT molecular complexity index is 749. The summed E-state index contributed by atoms with van der Waals surface area (Å²) in [7, 11) is 0. The van der Waals surface area contributed by atoms with Gasteiger partial charge >= 0.3 is 0 Å². The highest BCUT2D eigenvalue weighted by Gasteiger charge is 2.08. The van der Waals surface area contributed by atoms with Gasteiger partial charge in [0.15, 0.2) is 0 Å². The quantitative estimate of drug-likeness (QED) is 0.654. The molecule has 0 saturated carbocycles. The summed E-state index contributed by atoms with van der Waals surface area (Å²) < 4.78 is 0. The van der Waals surface area contributed by atoms with Crippen molar-refractivity contribution >= 4 is 39.7 Å². The highest BCUT2D eigenvalue weighted by Crippen LogP contribution is 2.32. The van der Waals surface area contributed by atoms with E-state index in [1.54, 1.807) is 12.3 Å². The molecule has 0 saturated heterocycles. The number of aromatic nitrogens is 1. The van der Waals surface area contributed by atoms with E-state index in [2.05, 4.69) is 4.98 Å². The van der Waals surface area contributed by atoms with Crippen molar-refractivity contribution in [3.8, 4) is 11.3 Å². The van der Waals surface area contributed by atoms with Crippen molar-refractivity contribution in [2.75, 3.05) is 5.73 Å². The van der Waals surface area contributed by atoms with Gasteiger partial charge in [0.05, 0.1) is 5.69 Å². The first-order valence-electron chi connectivity index (χ1n) is 5.75. The zero-order chi connectivity index (χ0) is 13.4. The Morgan fingerprint density at radius 1 is 0.895 bits per heavy atom. The number of pyridine rings is 1. The maximum Gasteiger partial charge on any atom is 0.0782 e. The van der Waals surface area contributed by atoms with E-state index in [1.807, 2.05) is 36.4 Å². The summed E-state index contributed by atoms with van der Waals surface area (Å²) >= 11 is 12.1. The molecule has 0 aliphatic rings. The Kier molecular flexibility index (Phi) is 3.05. The number of fused-ring (bicyclic) bond motifs is 1. The van der Waals surface area contributed by atoms with Gasteiger partial charge in [-0.25, -0.2) is 0 Å². The molecule has 1 heterocycles. The van der Waals surface area contributed by atoms with E-state index in [0.29, 0.717) is 10.0 Å². The Morgan fingerprint density at radius 2 is 1.63 bits per heavy atom. The van der Waals surface area contributed by atoms with Crippen LogP contribution in [-0.4, -0.2) is 4.98 Å². The zero-order valence-electron chi connectivity index (χ0n) is 9.90. The van der Waals surface area contributed by atoms with Crippen LogP contribution in [0.2, 0.25) is 10.0 Å². The second kappa shape index (κ2) is 4.72. The minimum atomic E-state index is 0.588. The summed E-state index contributed by atoms with van der Waals surface area (Å²) in [6.45, 7) is 0. The third-order valence-electron chi connectivity index (χ3n) is 2.98. The summed E-state index contributed by atoms with van der Waals surface area (Å²) in [5.74, 6) is 0. The van der Waals surface area contributed by atoms with Gasteiger partial charge in [-0.1, -0.05) is 35.3 Å². The molecule has 0 spiro atoms. The fraction of sp³-hybridized carbons (Fsp3) is 0. The molecule has 3 aromatic rings. The lowest BCUT2D eigenvalue weighted by atomic mass is 10.0. The Hall–Kier alpha value is -1.77. The SMILES string of the molecule is Nc1cccc2c(-c3cc(Cl)cc(Cl)c3)nccc12. The van der Waals surface area contributed by atoms with Crippen molar-refractivity contribution < 1.29 is 0 Å². The van der Waals surface area contributed by atoms with E-state index >= 15 is 0 Å². The van der Waals surface area contributed by atoms with E-state index in [-0.39, 0.29) is 0 Å². The van der Waals surface area contributed by atoms with Crippen LogP contribution in [0, 0.1) is 0 Å². The first kappa shape index (κ1) is 12.3. The van der Waals surface area contributed by atoms with E-state index in [9.17, 15) is 0 Å². The number of nitrogens with zero attached hydrogens (tertiary/aromatic N) is 1. The molecule has 94 valence electrons. The van der Waals surface area contributed by atoms with E-state index < -0.39 is 0 Å². The Morgan fingerprint density at radius 3 is 2.37 bits per heavy atom. The van der Waals surface area contributed by atoms with Crippen LogP contribution < -0.4 is 5.73 Å². The average molecular weight is 289 g/mol. The molecule has 0 atom stereocenters. The largest absolute Gasteiger partial charge is 0.398 e. The number of halogens is 2. The molecule has 0 aliphatic carbocycles. The van der Waals surface area contributed by atoms with Gasteiger partial charge in [-0.2, -0.15) is 0 Å². The van der Waals surface area contributed by atoms with Crippen molar-refractivity contribution in [1.29, 1.82) is 0 Å². The van der Waals surface area contributed by atoms with Crippen molar-refractivity contribution in [1.82, 2.24) is 4.98 Å². The molecule has 3 rings (SSSR count). The zero-order valence-corrected chi connectivity index (χ0v) is 11.4. The van der Waals surface area contributed by atoms with Crippen LogP contribution in [0.25, 0.3) is 22.0 Å².